The lowest BCUT2D eigenvalue weighted by atomic mass is 10.1. The summed E-state index contributed by atoms with van der Waals surface area (Å²) in [5, 5.41) is 1.47. The highest BCUT2D eigenvalue weighted by Crippen LogP contribution is 2.18. The van der Waals surface area contributed by atoms with Gasteiger partial charge >= 0.3 is 0 Å². The van der Waals surface area contributed by atoms with Gasteiger partial charge in [-0.1, -0.05) is 25.4 Å². The number of halogens is 1. The van der Waals surface area contributed by atoms with Crippen LogP contribution in [0.4, 0.5) is 0 Å². The Kier molecular flexibility index (Phi) is 4.26. The number of nitrogens with zero attached hydrogens (tertiary/aromatic N) is 2. The first-order chi connectivity index (χ1) is 7.45. The highest BCUT2D eigenvalue weighted by molar-refractivity contribution is 6.29. The van der Waals surface area contributed by atoms with E-state index < -0.39 is 0 Å². The molecule has 0 atom stereocenters. The fourth-order valence-corrected chi connectivity index (χ4v) is 1.42. The van der Waals surface area contributed by atoms with Crippen LogP contribution in [0.15, 0.2) is 12.1 Å². The van der Waals surface area contributed by atoms with Crippen LogP contribution in [0.3, 0.4) is 0 Å². The van der Waals surface area contributed by atoms with E-state index in [0.717, 1.165) is 10.8 Å². The molecule has 4 nitrogen and oxygen atoms in total. The minimum atomic E-state index is -0.242. The SMILES string of the molecule is CON(C)C(=O)c1cc(Cl)nc(C(C)C)c1. The molecule has 1 heterocycles. The highest BCUT2D eigenvalue weighted by atomic mass is 35.5. The smallest absolute Gasteiger partial charge is 0.274 e. The minimum absolute atomic E-state index is 0.220. The van der Waals surface area contributed by atoms with Crippen LogP contribution in [0.25, 0.3) is 0 Å². The maximum absolute atomic E-state index is 11.8. The van der Waals surface area contributed by atoms with Crippen LogP contribution in [-0.2, 0) is 4.84 Å². The van der Waals surface area contributed by atoms with E-state index in [-0.39, 0.29) is 11.8 Å². The number of hydrogen-bond donors (Lipinski definition) is 0. The molecule has 1 aromatic heterocycles. The van der Waals surface area contributed by atoms with Crippen molar-refractivity contribution in [1.29, 1.82) is 0 Å². The molecule has 0 N–H and O–H groups in total. The second-order valence-corrected chi connectivity index (χ2v) is 4.13. The Morgan fingerprint density at radius 2 is 2.12 bits per heavy atom. The first kappa shape index (κ1) is 12.9. The predicted octanol–water partition coefficient (Wildman–Crippen LogP) is 2.49. The molecular formula is C11H15ClN2O2. The summed E-state index contributed by atoms with van der Waals surface area (Å²) in [6.45, 7) is 3.99. The summed E-state index contributed by atoms with van der Waals surface area (Å²) < 4.78 is 0. The monoisotopic (exact) mass is 242 g/mol. The zero-order valence-electron chi connectivity index (χ0n) is 9.82. The summed E-state index contributed by atoms with van der Waals surface area (Å²) in [4.78, 5) is 20.8. The third-order valence-corrected chi connectivity index (χ3v) is 2.41. The quantitative estimate of drug-likeness (QED) is 0.604. The number of aromatic nitrogens is 1. The minimum Gasteiger partial charge on any atom is -0.274 e. The van der Waals surface area contributed by atoms with Crippen molar-refractivity contribution in [3.63, 3.8) is 0 Å². The van der Waals surface area contributed by atoms with Gasteiger partial charge in [0, 0.05) is 18.3 Å². The predicted molar refractivity (Wildman–Crippen MR) is 62.4 cm³/mol. The molecule has 0 bridgehead atoms. The van der Waals surface area contributed by atoms with E-state index in [1.54, 1.807) is 13.1 Å². The lowest BCUT2D eigenvalue weighted by Gasteiger charge is -2.14. The number of carbonyl (C=O) groups excluding carboxylic acids is 1. The van der Waals surface area contributed by atoms with Gasteiger partial charge in [0.25, 0.3) is 5.91 Å². The molecule has 1 rings (SSSR count). The van der Waals surface area contributed by atoms with E-state index in [9.17, 15) is 4.79 Å². The third-order valence-electron chi connectivity index (χ3n) is 2.21. The molecular weight excluding hydrogens is 228 g/mol. The number of carbonyl (C=O) groups is 1. The van der Waals surface area contributed by atoms with Gasteiger partial charge in [0.2, 0.25) is 0 Å². The van der Waals surface area contributed by atoms with E-state index in [2.05, 4.69) is 4.98 Å². The van der Waals surface area contributed by atoms with Crippen molar-refractivity contribution in [3.05, 3.63) is 28.5 Å². The Morgan fingerprint density at radius 1 is 1.50 bits per heavy atom. The van der Waals surface area contributed by atoms with Crippen LogP contribution in [-0.4, -0.2) is 30.1 Å². The number of amides is 1. The molecule has 0 aliphatic heterocycles. The van der Waals surface area contributed by atoms with Gasteiger partial charge in [0.1, 0.15) is 5.15 Å². The average molecular weight is 243 g/mol. The standard InChI is InChI=1S/C11H15ClN2O2/c1-7(2)9-5-8(6-10(12)13-9)11(15)14(3)16-4/h5-7H,1-4H3. The van der Waals surface area contributed by atoms with E-state index in [1.807, 2.05) is 13.8 Å². The van der Waals surface area contributed by atoms with Gasteiger partial charge in [-0.15, -0.1) is 0 Å². The average Bonchev–Trinajstić information content (AvgIpc) is 2.26. The van der Waals surface area contributed by atoms with Crippen LogP contribution in [0.2, 0.25) is 5.15 Å². The van der Waals surface area contributed by atoms with Crippen LogP contribution < -0.4 is 0 Å². The van der Waals surface area contributed by atoms with E-state index in [1.165, 1.54) is 13.2 Å². The molecule has 0 saturated heterocycles. The highest BCUT2D eigenvalue weighted by Gasteiger charge is 2.14. The fraction of sp³-hybridized carbons (Fsp3) is 0.455. The third kappa shape index (κ3) is 2.93. The number of rotatable bonds is 3. The maximum Gasteiger partial charge on any atom is 0.277 e. The Labute approximate surface area is 100 Å². The molecule has 5 heteroatoms. The summed E-state index contributed by atoms with van der Waals surface area (Å²) in [6, 6.07) is 3.26. The molecule has 88 valence electrons. The van der Waals surface area contributed by atoms with E-state index >= 15 is 0 Å². The molecule has 0 saturated carbocycles. The van der Waals surface area contributed by atoms with Gasteiger partial charge in [-0.25, -0.2) is 10.0 Å². The van der Waals surface area contributed by atoms with Gasteiger partial charge in [0.05, 0.1) is 7.11 Å². The van der Waals surface area contributed by atoms with Gasteiger partial charge in [-0.05, 0) is 18.1 Å². The molecule has 1 amide bonds. The molecule has 0 fully saturated rings. The summed E-state index contributed by atoms with van der Waals surface area (Å²) in [5.41, 5.74) is 1.27. The molecule has 0 aliphatic rings. The lowest BCUT2D eigenvalue weighted by molar-refractivity contribution is -0.0757. The number of hydrogen-bond acceptors (Lipinski definition) is 3. The molecule has 0 unspecified atom stereocenters. The first-order valence-corrected chi connectivity index (χ1v) is 5.33. The lowest BCUT2D eigenvalue weighted by Crippen LogP contribution is -2.25. The van der Waals surface area contributed by atoms with Gasteiger partial charge < -0.3 is 0 Å². The normalized spacial score (nSPS) is 10.6. The van der Waals surface area contributed by atoms with Crippen LogP contribution in [0.1, 0.15) is 35.8 Å². The molecule has 0 spiro atoms. The van der Waals surface area contributed by atoms with Crippen molar-refractivity contribution in [2.24, 2.45) is 0 Å². The Balaban J connectivity index is 3.09. The second-order valence-electron chi connectivity index (χ2n) is 3.74. The van der Waals surface area contributed by atoms with Gasteiger partial charge in [0.15, 0.2) is 0 Å². The van der Waals surface area contributed by atoms with E-state index in [4.69, 9.17) is 16.4 Å². The van der Waals surface area contributed by atoms with Crippen molar-refractivity contribution < 1.29 is 9.63 Å². The van der Waals surface area contributed by atoms with Crippen LogP contribution >= 0.6 is 11.6 Å². The summed E-state index contributed by atoms with van der Waals surface area (Å²) in [7, 11) is 2.98. The molecule has 0 aromatic carbocycles. The summed E-state index contributed by atoms with van der Waals surface area (Å²) in [5.74, 6) is -0.0215. The second kappa shape index (κ2) is 5.27. The van der Waals surface area contributed by atoms with Crippen molar-refractivity contribution in [1.82, 2.24) is 10.0 Å². The zero-order valence-corrected chi connectivity index (χ0v) is 10.6. The molecule has 1 aromatic rings. The first-order valence-electron chi connectivity index (χ1n) is 4.95. The Hall–Kier alpha value is -1.13. The molecule has 0 radical (unpaired) electrons. The maximum atomic E-state index is 11.8. The van der Waals surface area contributed by atoms with Crippen molar-refractivity contribution >= 4 is 17.5 Å². The molecule has 16 heavy (non-hydrogen) atoms. The van der Waals surface area contributed by atoms with Gasteiger partial charge in [-0.2, -0.15) is 0 Å². The van der Waals surface area contributed by atoms with Crippen molar-refractivity contribution in [2.45, 2.75) is 19.8 Å². The summed E-state index contributed by atoms with van der Waals surface area (Å²) in [6.07, 6.45) is 0. The van der Waals surface area contributed by atoms with Crippen molar-refractivity contribution in [3.8, 4) is 0 Å². The van der Waals surface area contributed by atoms with Gasteiger partial charge in [-0.3, -0.25) is 9.63 Å². The van der Waals surface area contributed by atoms with E-state index in [0.29, 0.717) is 10.7 Å². The summed E-state index contributed by atoms with van der Waals surface area (Å²) >= 11 is 5.86. The molecule has 0 aliphatic carbocycles. The fourth-order valence-electron chi connectivity index (χ4n) is 1.20. The number of pyridine rings is 1. The Bertz CT molecular complexity index is 394. The Morgan fingerprint density at radius 3 is 2.62 bits per heavy atom. The number of hydroxylamine groups is 2. The van der Waals surface area contributed by atoms with Crippen LogP contribution in [0, 0.1) is 0 Å². The van der Waals surface area contributed by atoms with Crippen LogP contribution in [0.5, 0.6) is 0 Å². The zero-order chi connectivity index (χ0) is 12.3. The van der Waals surface area contributed by atoms with Crippen molar-refractivity contribution in [2.75, 3.05) is 14.2 Å². The topological polar surface area (TPSA) is 42.4 Å². The largest absolute Gasteiger partial charge is 0.277 e.